The second-order valence-corrected chi connectivity index (χ2v) is 7.81. The Hall–Kier alpha value is -0.900. The van der Waals surface area contributed by atoms with Crippen LogP contribution in [0.2, 0.25) is 0 Å². The minimum atomic E-state index is -0.0121. The third-order valence-corrected chi connectivity index (χ3v) is 4.60. The fourth-order valence-electron chi connectivity index (χ4n) is 1.78. The summed E-state index contributed by atoms with van der Waals surface area (Å²) < 4.78 is 0. The third-order valence-electron chi connectivity index (χ3n) is 3.28. The van der Waals surface area contributed by atoms with Crippen LogP contribution in [0.3, 0.4) is 0 Å². The minimum absolute atomic E-state index is 0. The summed E-state index contributed by atoms with van der Waals surface area (Å²) in [7, 11) is 3.47. The van der Waals surface area contributed by atoms with Crippen molar-refractivity contribution in [1.29, 1.82) is 0 Å². The van der Waals surface area contributed by atoms with Gasteiger partial charge in [0.05, 0.1) is 10.7 Å². The first kappa shape index (κ1) is 24.1. The van der Waals surface area contributed by atoms with Crippen LogP contribution in [0.25, 0.3) is 0 Å². The number of carbonyl (C=O) groups excluding carboxylic acids is 1. The van der Waals surface area contributed by atoms with E-state index in [1.54, 1.807) is 30.3 Å². The highest BCUT2D eigenvalue weighted by Gasteiger charge is 2.17. The lowest BCUT2D eigenvalue weighted by atomic mass is 9.98. The second kappa shape index (κ2) is 11.7. The first-order chi connectivity index (χ1) is 11.2. The Morgan fingerprint density at radius 1 is 1.28 bits per heavy atom. The number of guanidine groups is 1. The van der Waals surface area contributed by atoms with Crippen LogP contribution in [-0.2, 0) is 16.6 Å². The maximum absolute atomic E-state index is 11.7. The molecule has 0 spiro atoms. The number of rotatable bonds is 7. The number of carbonyl (C=O) groups is 1. The number of likely N-dealkylation sites (N-methyl/N-ethyl adjacent to an activating group) is 1. The number of thiazole rings is 1. The fraction of sp³-hybridized carbons (Fsp3) is 0.706. The summed E-state index contributed by atoms with van der Waals surface area (Å²) in [5, 5.41) is 9.79. The molecule has 6 nitrogen and oxygen atoms in total. The van der Waals surface area contributed by atoms with E-state index in [0.717, 1.165) is 36.6 Å². The monoisotopic (exact) mass is 481 g/mol. The number of nitrogens with one attached hydrogen (secondary N) is 2. The molecule has 1 rings (SSSR count). The van der Waals surface area contributed by atoms with Crippen molar-refractivity contribution in [3.63, 3.8) is 0 Å². The van der Waals surface area contributed by atoms with Gasteiger partial charge in [-0.25, -0.2) is 9.98 Å². The van der Waals surface area contributed by atoms with E-state index in [9.17, 15) is 4.79 Å². The average Bonchev–Trinajstić information content (AvgIpc) is 2.98. The SMILES string of the molecule is CCCNC(=NCC(=O)N(C)C)NCCc1csc(C(C)(C)C)n1.I. The number of hydrogen-bond acceptors (Lipinski definition) is 4. The van der Waals surface area contributed by atoms with E-state index in [0.29, 0.717) is 5.96 Å². The minimum Gasteiger partial charge on any atom is -0.356 e. The molecule has 8 heteroatoms. The normalized spacial score (nSPS) is 11.7. The summed E-state index contributed by atoms with van der Waals surface area (Å²) in [6.45, 7) is 10.3. The predicted octanol–water partition coefficient (Wildman–Crippen LogP) is 2.63. The highest BCUT2D eigenvalue weighted by Crippen LogP contribution is 2.25. The van der Waals surface area contributed by atoms with Gasteiger partial charge < -0.3 is 15.5 Å². The van der Waals surface area contributed by atoms with Gasteiger partial charge in [-0.05, 0) is 6.42 Å². The van der Waals surface area contributed by atoms with Crippen LogP contribution in [0.15, 0.2) is 10.4 Å². The number of amides is 1. The molecule has 0 atom stereocenters. The average molecular weight is 481 g/mol. The standard InChI is InChI=1S/C17H31N5OS.HI/c1-7-9-18-16(20-11-14(23)22(5)6)19-10-8-13-12-24-15(21-13)17(2,3)4;/h12H,7-11H2,1-6H3,(H2,18,19,20);1H. The lowest BCUT2D eigenvalue weighted by Crippen LogP contribution is -2.39. The Morgan fingerprint density at radius 3 is 2.44 bits per heavy atom. The maximum atomic E-state index is 11.7. The van der Waals surface area contributed by atoms with E-state index in [1.807, 2.05) is 0 Å². The lowest BCUT2D eigenvalue weighted by Gasteiger charge is -2.14. The Kier molecular flexibility index (Phi) is 11.2. The van der Waals surface area contributed by atoms with Crippen molar-refractivity contribution < 1.29 is 4.79 Å². The van der Waals surface area contributed by atoms with Gasteiger partial charge in [-0.15, -0.1) is 35.3 Å². The maximum Gasteiger partial charge on any atom is 0.243 e. The lowest BCUT2D eigenvalue weighted by molar-refractivity contribution is -0.127. The van der Waals surface area contributed by atoms with Crippen molar-refractivity contribution in [3.8, 4) is 0 Å². The first-order valence-electron chi connectivity index (χ1n) is 8.41. The molecule has 1 aromatic rings. The zero-order valence-electron chi connectivity index (χ0n) is 16.2. The summed E-state index contributed by atoms with van der Waals surface area (Å²) in [5.74, 6) is 0.667. The molecular weight excluding hydrogens is 449 g/mol. The molecule has 1 aromatic heterocycles. The van der Waals surface area contributed by atoms with E-state index in [-0.39, 0.29) is 41.8 Å². The Bertz CT molecular complexity index is 551. The number of hydrogen-bond donors (Lipinski definition) is 2. The van der Waals surface area contributed by atoms with Gasteiger partial charge in [-0.3, -0.25) is 4.79 Å². The largest absolute Gasteiger partial charge is 0.356 e. The zero-order valence-corrected chi connectivity index (χ0v) is 19.3. The van der Waals surface area contributed by atoms with Gasteiger partial charge in [0.1, 0.15) is 6.54 Å². The number of aromatic nitrogens is 1. The smallest absolute Gasteiger partial charge is 0.243 e. The van der Waals surface area contributed by atoms with Crippen molar-refractivity contribution in [2.75, 3.05) is 33.7 Å². The van der Waals surface area contributed by atoms with E-state index in [2.05, 4.69) is 48.7 Å². The Labute approximate surface area is 172 Å². The van der Waals surface area contributed by atoms with E-state index < -0.39 is 0 Å². The molecule has 1 amide bonds. The Morgan fingerprint density at radius 2 is 1.92 bits per heavy atom. The highest BCUT2D eigenvalue weighted by molar-refractivity contribution is 14.0. The van der Waals surface area contributed by atoms with Crippen molar-refractivity contribution in [2.45, 2.75) is 46.0 Å². The topological polar surface area (TPSA) is 69.6 Å². The van der Waals surface area contributed by atoms with Gasteiger partial charge in [-0.1, -0.05) is 27.7 Å². The van der Waals surface area contributed by atoms with Crippen LogP contribution >= 0.6 is 35.3 Å². The van der Waals surface area contributed by atoms with Crippen molar-refractivity contribution in [3.05, 3.63) is 16.1 Å². The number of halogens is 1. The van der Waals surface area contributed by atoms with Crippen LogP contribution < -0.4 is 10.6 Å². The summed E-state index contributed by atoms with van der Waals surface area (Å²) in [6, 6.07) is 0. The van der Waals surface area contributed by atoms with Crippen LogP contribution in [0.4, 0.5) is 0 Å². The summed E-state index contributed by atoms with van der Waals surface area (Å²) in [6.07, 6.45) is 1.84. The first-order valence-corrected chi connectivity index (χ1v) is 9.29. The molecule has 0 unspecified atom stereocenters. The van der Waals surface area contributed by atoms with Crippen LogP contribution in [0.1, 0.15) is 44.8 Å². The van der Waals surface area contributed by atoms with E-state index >= 15 is 0 Å². The summed E-state index contributed by atoms with van der Waals surface area (Å²) in [5.41, 5.74) is 1.19. The van der Waals surface area contributed by atoms with Gasteiger partial charge in [0.2, 0.25) is 5.91 Å². The van der Waals surface area contributed by atoms with E-state index in [1.165, 1.54) is 0 Å². The van der Waals surface area contributed by atoms with Crippen molar-refractivity contribution >= 4 is 47.2 Å². The molecule has 0 aliphatic heterocycles. The highest BCUT2D eigenvalue weighted by atomic mass is 127. The predicted molar refractivity (Wildman–Crippen MR) is 117 cm³/mol. The molecule has 0 bridgehead atoms. The molecule has 0 saturated heterocycles. The van der Waals surface area contributed by atoms with Gasteiger partial charge >= 0.3 is 0 Å². The molecular formula is C17H32IN5OS. The van der Waals surface area contributed by atoms with Crippen molar-refractivity contribution in [2.24, 2.45) is 4.99 Å². The van der Waals surface area contributed by atoms with Gasteiger partial charge in [-0.2, -0.15) is 0 Å². The number of aliphatic imine (C=N–C) groups is 1. The molecule has 0 fully saturated rings. The van der Waals surface area contributed by atoms with Crippen LogP contribution in [0.5, 0.6) is 0 Å². The quantitative estimate of drug-likeness (QED) is 0.357. The molecule has 25 heavy (non-hydrogen) atoms. The zero-order chi connectivity index (χ0) is 18.2. The molecule has 0 aliphatic rings. The Balaban J connectivity index is 0.00000576. The molecule has 144 valence electrons. The number of nitrogens with zero attached hydrogens (tertiary/aromatic N) is 3. The third kappa shape index (κ3) is 9.39. The van der Waals surface area contributed by atoms with Gasteiger partial charge in [0, 0.05) is 44.4 Å². The molecule has 0 aromatic carbocycles. The van der Waals surface area contributed by atoms with Gasteiger partial charge in [0.25, 0.3) is 0 Å². The summed E-state index contributed by atoms with van der Waals surface area (Å²) in [4.78, 5) is 22.3. The van der Waals surface area contributed by atoms with Crippen LogP contribution in [0, 0.1) is 0 Å². The summed E-state index contributed by atoms with van der Waals surface area (Å²) >= 11 is 1.71. The molecule has 0 saturated carbocycles. The molecule has 0 aliphatic carbocycles. The van der Waals surface area contributed by atoms with Gasteiger partial charge in [0.15, 0.2) is 5.96 Å². The molecule has 1 heterocycles. The fourth-order valence-corrected chi connectivity index (χ4v) is 2.72. The van der Waals surface area contributed by atoms with E-state index in [4.69, 9.17) is 4.98 Å². The second-order valence-electron chi connectivity index (χ2n) is 6.95. The molecule has 2 N–H and O–H groups in total. The van der Waals surface area contributed by atoms with Crippen molar-refractivity contribution in [1.82, 2.24) is 20.5 Å². The molecule has 0 radical (unpaired) electrons. The van der Waals surface area contributed by atoms with Crippen LogP contribution in [-0.4, -0.2) is 55.5 Å².